The molecule has 0 fully saturated rings. The Kier molecular flexibility index (Phi) is 5.35. The number of hydrogen-bond donors (Lipinski definition) is 1. The van der Waals surface area contributed by atoms with Crippen LogP contribution in [-0.2, 0) is 0 Å². The van der Waals surface area contributed by atoms with Crippen LogP contribution in [0.3, 0.4) is 0 Å². The van der Waals surface area contributed by atoms with Crippen LogP contribution in [0.1, 0.15) is 0 Å². The predicted molar refractivity (Wildman–Crippen MR) is 132 cm³/mol. The maximum atomic E-state index is 6.27. The molecule has 5 aromatic rings. The Balaban J connectivity index is 1.50. The summed E-state index contributed by atoms with van der Waals surface area (Å²) >= 11 is 1.59. The second kappa shape index (κ2) is 8.48. The van der Waals surface area contributed by atoms with Crippen LogP contribution in [0.15, 0.2) is 67.1 Å². The van der Waals surface area contributed by atoms with Gasteiger partial charge in [0.1, 0.15) is 22.3 Å². The number of aromatic nitrogens is 3. The van der Waals surface area contributed by atoms with Gasteiger partial charge >= 0.3 is 0 Å². The fourth-order valence-electron chi connectivity index (χ4n) is 3.74. The third-order valence-corrected chi connectivity index (χ3v) is 6.59. The molecule has 2 heterocycles. The summed E-state index contributed by atoms with van der Waals surface area (Å²) in [6, 6.07) is 17.6. The van der Waals surface area contributed by atoms with Gasteiger partial charge < -0.3 is 19.9 Å². The van der Waals surface area contributed by atoms with E-state index in [4.69, 9.17) is 24.9 Å². The summed E-state index contributed by atoms with van der Waals surface area (Å²) in [5.41, 5.74) is 11.5. The van der Waals surface area contributed by atoms with Crippen molar-refractivity contribution in [3.63, 3.8) is 0 Å². The van der Waals surface area contributed by atoms with E-state index in [-0.39, 0.29) is 0 Å². The van der Waals surface area contributed by atoms with Crippen molar-refractivity contribution < 1.29 is 14.2 Å². The van der Waals surface area contributed by atoms with Crippen LogP contribution in [0, 0.1) is 0 Å². The number of thiazole rings is 1. The molecule has 8 heteroatoms. The van der Waals surface area contributed by atoms with Gasteiger partial charge in [0.15, 0.2) is 0 Å². The molecule has 0 saturated heterocycles. The molecule has 2 N–H and O–H groups in total. The van der Waals surface area contributed by atoms with E-state index in [1.165, 1.54) is 0 Å². The molecule has 7 nitrogen and oxygen atoms in total. The summed E-state index contributed by atoms with van der Waals surface area (Å²) < 4.78 is 19.2. The Bertz CT molecular complexity index is 1440. The summed E-state index contributed by atoms with van der Waals surface area (Å²) in [5.74, 6) is 2.19. The molecule has 0 spiro atoms. The summed E-state index contributed by atoms with van der Waals surface area (Å²) in [6.45, 7) is 0. The lowest BCUT2D eigenvalue weighted by molar-refractivity contribution is 0.398. The lowest BCUT2D eigenvalue weighted by Crippen LogP contribution is -1.98. The van der Waals surface area contributed by atoms with Crippen LogP contribution in [0.4, 0.5) is 5.69 Å². The first kappa shape index (κ1) is 20.8. The van der Waals surface area contributed by atoms with Gasteiger partial charge in [0.05, 0.1) is 49.8 Å². The zero-order chi connectivity index (χ0) is 22.9. The lowest BCUT2D eigenvalue weighted by atomic mass is 10.1. The smallest absolute Gasteiger partial charge is 0.142 e. The molecule has 0 aliphatic rings. The van der Waals surface area contributed by atoms with Crippen molar-refractivity contribution in [3.05, 3.63) is 67.1 Å². The minimum absolute atomic E-state index is 0.631. The van der Waals surface area contributed by atoms with Gasteiger partial charge in [-0.2, -0.15) is 0 Å². The molecule has 3 aromatic carbocycles. The Morgan fingerprint density at radius 1 is 0.879 bits per heavy atom. The van der Waals surface area contributed by atoms with Crippen LogP contribution >= 0.6 is 11.3 Å². The first-order chi connectivity index (χ1) is 16.1. The van der Waals surface area contributed by atoms with E-state index < -0.39 is 0 Å². The Morgan fingerprint density at radius 2 is 1.67 bits per heavy atom. The predicted octanol–water partition coefficient (Wildman–Crippen LogP) is 5.42. The van der Waals surface area contributed by atoms with E-state index in [1.54, 1.807) is 45.2 Å². The van der Waals surface area contributed by atoms with Gasteiger partial charge in [-0.25, -0.2) is 9.97 Å². The molecule has 0 aliphatic heterocycles. The monoisotopic (exact) mass is 458 g/mol. The molecule has 0 amide bonds. The van der Waals surface area contributed by atoms with E-state index in [9.17, 15) is 0 Å². The fourth-order valence-corrected chi connectivity index (χ4v) is 4.78. The molecule has 166 valence electrons. The minimum Gasteiger partial charge on any atom is -0.497 e. The number of nitrogen functional groups attached to an aromatic ring is 1. The summed E-state index contributed by atoms with van der Waals surface area (Å²) in [4.78, 5) is 9.14. The number of nitrogens with zero attached hydrogens (tertiary/aromatic N) is 3. The number of nitrogens with two attached hydrogens (primary N) is 1. The highest BCUT2D eigenvalue weighted by Crippen LogP contribution is 2.39. The van der Waals surface area contributed by atoms with Crippen LogP contribution in [-0.4, -0.2) is 35.9 Å². The quantitative estimate of drug-likeness (QED) is 0.342. The number of imidazole rings is 1. The number of ether oxygens (including phenoxy) is 3. The van der Waals surface area contributed by atoms with Gasteiger partial charge in [0, 0.05) is 40.7 Å². The average molecular weight is 459 g/mol. The first-order valence-corrected chi connectivity index (χ1v) is 11.0. The van der Waals surface area contributed by atoms with Crippen molar-refractivity contribution >= 4 is 27.2 Å². The van der Waals surface area contributed by atoms with Crippen molar-refractivity contribution in [1.29, 1.82) is 0 Å². The Labute approximate surface area is 195 Å². The molecule has 0 aliphatic carbocycles. The summed E-state index contributed by atoms with van der Waals surface area (Å²) in [5, 5.41) is 0.911. The zero-order valence-electron chi connectivity index (χ0n) is 18.4. The first-order valence-electron chi connectivity index (χ1n) is 10.2. The molecular weight excluding hydrogens is 436 g/mol. The maximum absolute atomic E-state index is 6.27. The van der Waals surface area contributed by atoms with Crippen molar-refractivity contribution in [2.45, 2.75) is 0 Å². The fraction of sp³-hybridized carbons (Fsp3) is 0.120. The maximum Gasteiger partial charge on any atom is 0.142 e. The van der Waals surface area contributed by atoms with Crippen molar-refractivity contribution in [1.82, 2.24) is 14.5 Å². The van der Waals surface area contributed by atoms with Gasteiger partial charge in [0.25, 0.3) is 0 Å². The molecular formula is C25H22N4O3S. The number of rotatable bonds is 6. The molecule has 0 radical (unpaired) electrons. The summed E-state index contributed by atoms with van der Waals surface area (Å²) in [6.07, 6.45) is 3.59. The molecule has 0 saturated carbocycles. The SMILES string of the molecule is COc1ccc(-c2cncn2-c2ccc(-c3nc4cc(OC)cc(OC)c4s3)cc2)c(N)c1. The lowest BCUT2D eigenvalue weighted by Gasteiger charge is -2.12. The molecule has 2 aromatic heterocycles. The van der Waals surface area contributed by atoms with Gasteiger partial charge in [0.2, 0.25) is 0 Å². The molecule has 0 bridgehead atoms. The van der Waals surface area contributed by atoms with Crippen molar-refractivity contribution in [3.8, 4) is 44.8 Å². The van der Waals surface area contributed by atoms with Crippen LogP contribution in [0.25, 0.3) is 37.7 Å². The molecule has 0 unspecified atom stereocenters. The van der Waals surface area contributed by atoms with Crippen LogP contribution in [0.2, 0.25) is 0 Å². The van der Waals surface area contributed by atoms with E-state index in [0.717, 1.165) is 55.0 Å². The number of benzene rings is 3. The van der Waals surface area contributed by atoms with Gasteiger partial charge in [-0.1, -0.05) is 0 Å². The molecule has 33 heavy (non-hydrogen) atoms. The highest BCUT2D eigenvalue weighted by molar-refractivity contribution is 7.22. The van der Waals surface area contributed by atoms with Crippen molar-refractivity contribution in [2.75, 3.05) is 27.1 Å². The second-order valence-corrected chi connectivity index (χ2v) is 8.34. The van der Waals surface area contributed by atoms with Gasteiger partial charge in [-0.05, 0) is 36.4 Å². The number of anilines is 1. The molecule has 5 rings (SSSR count). The second-order valence-electron chi connectivity index (χ2n) is 7.35. The van der Waals surface area contributed by atoms with Crippen LogP contribution in [0.5, 0.6) is 17.2 Å². The third-order valence-electron chi connectivity index (χ3n) is 5.45. The van der Waals surface area contributed by atoms with E-state index in [1.807, 2.05) is 47.0 Å². The topological polar surface area (TPSA) is 84.4 Å². The Hall–Kier alpha value is -4.04. The van der Waals surface area contributed by atoms with Crippen LogP contribution < -0.4 is 19.9 Å². The van der Waals surface area contributed by atoms with Gasteiger partial charge in [-0.15, -0.1) is 11.3 Å². The average Bonchev–Trinajstić information content (AvgIpc) is 3.50. The van der Waals surface area contributed by atoms with E-state index >= 15 is 0 Å². The number of hydrogen-bond acceptors (Lipinski definition) is 7. The highest BCUT2D eigenvalue weighted by atomic mass is 32.1. The number of fused-ring (bicyclic) bond motifs is 1. The zero-order valence-corrected chi connectivity index (χ0v) is 19.2. The van der Waals surface area contributed by atoms with Gasteiger partial charge in [-0.3, -0.25) is 4.57 Å². The normalized spacial score (nSPS) is 11.0. The largest absolute Gasteiger partial charge is 0.497 e. The van der Waals surface area contributed by atoms with Crippen molar-refractivity contribution in [2.24, 2.45) is 0 Å². The van der Waals surface area contributed by atoms with E-state index in [0.29, 0.717) is 5.69 Å². The minimum atomic E-state index is 0.631. The highest BCUT2D eigenvalue weighted by Gasteiger charge is 2.14. The Morgan fingerprint density at radius 3 is 2.36 bits per heavy atom. The third kappa shape index (κ3) is 3.74. The van der Waals surface area contributed by atoms with E-state index in [2.05, 4.69) is 17.1 Å². The summed E-state index contributed by atoms with van der Waals surface area (Å²) in [7, 11) is 4.91. The standard InChI is InChI=1S/C25H22N4O3S/c1-30-17-8-9-19(20(26)10-17)22-13-27-14-29(22)16-6-4-15(5-7-16)25-28-21-11-18(31-2)12-23(32-3)24(21)33-25/h4-14H,26H2,1-3H3. The number of methoxy groups -OCH3 is 3. The molecule has 0 atom stereocenters.